The van der Waals surface area contributed by atoms with Gasteiger partial charge in [-0.3, -0.25) is 0 Å². The zero-order valence-corrected chi connectivity index (χ0v) is 13.7. The molecule has 4 heteroatoms. The van der Waals surface area contributed by atoms with Crippen molar-refractivity contribution < 1.29 is 0 Å². The number of nitrogens with two attached hydrogens (primary N) is 1. The van der Waals surface area contributed by atoms with Gasteiger partial charge in [0, 0.05) is 24.5 Å². The lowest BCUT2D eigenvalue weighted by Gasteiger charge is -2.29. The zero-order chi connectivity index (χ0) is 14.7. The van der Waals surface area contributed by atoms with Gasteiger partial charge < -0.3 is 10.6 Å². The largest absolute Gasteiger partial charge is 0.399 e. The molecule has 0 fully saturated rings. The van der Waals surface area contributed by atoms with Crippen molar-refractivity contribution in [2.75, 3.05) is 10.6 Å². The molecule has 1 aromatic heterocycles. The van der Waals surface area contributed by atoms with E-state index in [1.807, 2.05) is 30.5 Å². The van der Waals surface area contributed by atoms with Crippen molar-refractivity contribution >= 4 is 27.4 Å². The Balaban J connectivity index is 2.35. The Morgan fingerprint density at radius 3 is 2.70 bits per heavy atom. The van der Waals surface area contributed by atoms with Crippen LogP contribution in [0.3, 0.4) is 0 Å². The van der Waals surface area contributed by atoms with E-state index in [0.717, 1.165) is 22.5 Å². The molecule has 0 aliphatic rings. The SMILES string of the molecule is Cc1ccnc(N(Cc2cccc(N)c2)C(C)C)c1Br. The van der Waals surface area contributed by atoms with Gasteiger partial charge >= 0.3 is 0 Å². The molecular weight excluding hydrogens is 314 g/mol. The number of aryl methyl sites for hydroxylation is 1. The van der Waals surface area contributed by atoms with Crippen LogP contribution in [-0.4, -0.2) is 11.0 Å². The first-order valence-corrected chi connectivity index (χ1v) is 7.50. The van der Waals surface area contributed by atoms with E-state index < -0.39 is 0 Å². The summed E-state index contributed by atoms with van der Waals surface area (Å²) >= 11 is 3.65. The Kier molecular flexibility index (Phi) is 4.65. The van der Waals surface area contributed by atoms with Crippen LogP contribution in [0.25, 0.3) is 0 Å². The van der Waals surface area contributed by atoms with Gasteiger partial charge in [-0.05, 0) is 66.0 Å². The van der Waals surface area contributed by atoms with E-state index in [9.17, 15) is 0 Å². The Hall–Kier alpha value is -1.55. The highest BCUT2D eigenvalue weighted by Crippen LogP contribution is 2.29. The van der Waals surface area contributed by atoms with E-state index in [4.69, 9.17) is 5.73 Å². The summed E-state index contributed by atoms with van der Waals surface area (Å²) in [5.41, 5.74) is 9.03. The number of anilines is 2. The van der Waals surface area contributed by atoms with Crippen LogP contribution in [0.2, 0.25) is 0 Å². The van der Waals surface area contributed by atoms with Crippen molar-refractivity contribution in [1.29, 1.82) is 0 Å². The van der Waals surface area contributed by atoms with Crippen LogP contribution >= 0.6 is 15.9 Å². The first-order valence-electron chi connectivity index (χ1n) is 6.71. The first-order chi connectivity index (χ1) is 9.49. The van der Waals surface area contributed by atoms with Crippen LogP contribution < -0.4 is 10.6 Å². The normalized spacial score (nSPS) is 10.8. The Bertz CT molecular complexity index is 596. The molecule has 3 nitrogen and oxygen atoms in total. The summed E-state index contributed by atoms with van der Waals surface area (Å²) < 4.78 is 1.05. The lowest BCUT2D eigenvalue weighted by Crippen LogP contribution is -2.31. The fourth-order valence-corrected chi connectivity index (χ4v) is 2.58. The van der Waals surface area contributed by atoms with Crippen molar-refractivity contribution in [3.05, 3.63) is 52.1 Å². The Morgan fingerprint density at radius 2 is 2.05 bits per heavy atom. The molecule has 106 valence electrons. The molecule has 0 amide bonds. The number of pyridine rings is 1. The third kappa shape index (κ3) is 3.31. The molecule has 0 spiro atoms. The quantitative estimate of drug-likeness (QED) is 0.854. The number of hydrogen-bond donors (Lipinski definition) is 1. The number of halogens is 1. The van der Waals surface area contributed by atoms with Crippen molar-refractivity contribution in [1.82, 2.24) is 4.98 Å². The topological polar surface area (TPSA) is 42.2 Å². The minimum atomic E-state index is 0.349. The highest BCUT2D eigenvalue weighted by Gasteiger charge is 2.16. The van der Waals surface area contributed by atoms with Gasteiger partial charge in [-0.25, -0.2) is 4.98 Å². The number of benzene rings is 1. The molecule has 0 unspecified atom stereocenters. The van der Waals surface area contributed by atoms with Crippen molar-refractivity contribution in [2.45, 2.75) is 33.4 Å². The van der Waals surface area contributed by atoms with Crippen molar-refractivity contribution in [2.24, 2.45) is 0 Å². The molecule has 0 bridgehead atoms. The molecule has 0 radical (unpaired) electrons. The molecule has 1 heterocycles. The van der Waals surface area contributed by atoms with E-state index >= 15 is 0 Å². The van der Waals surface area contributed by atoms with Gasteiger partial charge in [-0.2, -0.15) is 0 Å². The van der Waals surface area contributed by atoms with Gasteiger partial charge in [-0.1, -0.05) is 12.1 Å². The van der Waals surface area contributed by atoms with Gasteiger partial charge in [0.15, 0.2) is 0 Å². The van der Waals surface area contributed by atoms with Crippen LogP contribution in [-0.2, 0) is 6.54 Å². The molecule has 0 atom stereocenters. The molecule has 2 N–H and O–H groups in total. The number of nitrogens with zero attached hydrogens (tertiary/aromatic N) is 2. The number of hydrogen-bond acceptors (Lipinski definition) is 3. The van der Waals surface area contributed by atoms with Crippen LogP contribution in [0.5, 0.6) is 0 Å². The highest BCUT2D eigenvalue weighted by molar-refractivity contribution is 9.10. The maximum absolute atomic E-state index is 5.86. The second kappa shape index (κ2) is 6.27. The third-order valence-electron chi connectivity index (χ3n) is 3.26. The number of nitrogen functional groups attached to an aromatic ring is 1. The number of aromatic nitrogens is 1. The monoisotopic (exact) mass is 333 g/mol. The second-order valence-electron chi connectivity index (χ2n) is 5.23. The summed E-state index contributed by atoms with van der Waals surface area (Å²) in [7, 11) is 0. The predicted molar refractivity (Wildman–Crippen MR) is 88.8 cm³/mol. The average Bonchev–Trinajstić information content (AvgIpc) is 2.39. The lowest BCUT2D eigenvalue weighted by atomic mass is 10.1. The second-order valence-corrected chi connectivity index (χ2v) is 6.03. The van der Waals surface area contributed by atoms with E-state index in [-0.39, 0.29) is 0 Å². The zero-order valence-electron chi connectivity index (χ0n) is 12.1. The maximum atomic E-state index is 5.86. The lowest BCUT2D eigenvalue weighted by molar-refractivity contribution is 0.670. The van der Waals surface area contributed by atoms with Gasteiger partial charge in [0.25, 0.3) is 0 Å². The smallest absolute Gasteiger partial charge is 0.143 e. The summed E-state index contributed by atoms with van der Waals surface area (Å²) in [5.74, 6) is 0.974. The summed E-state index contributed by atoms with van der Waals surface area (Å²) in [5, 5.41) is 0. The van der Waals surface area contributed by atoms with Crippen LogP contribution in [0, 0.1) is 6.92 Å². The highest BCUT2D eigenvalue weighted by atomic mass is 79.9. The fourth-order valence-electron chi connectivity index (χ4n) is 2.12. The molecule has 2 aromatic rings. The van der Waals surface area contributed by atoms with Gasteiger partial charge in [-0.15, -0.1) is 0 Å². The fraction of sp³-hybridized carbons (Fsp3) is 0.312. The van der Waals surface area contributed by atoms with E-state index in [0.29, 0.717) is 6.04 Å². The summed E-state index contributed by atoms with van der Waals surface area (Å²) in [6, 6.07) is 10.4. The minimum absolute atomic E-state index is 0.349. The summed E-state index contributed by atoms with van der Waals surface area (Å²) in [4.78, 5) is 6.80. The van der Waals surface area contributed by atoms with E-state index in [1.54, 1.807) is 0 Å². The molecular formula is C16H20BrN3. The van der Waals surface area contributed by atoms with Crippen molar-refractivity contribution in [3.63, 3.8) is 0 Å². The average molecular weight is 334 g/mol. The van der Waals surface area contributed by atoms with E-state index in [1.165, 1.54) is 11.1 Å². The minimum Gasteiger partial charge on any atom is -0.399 e. The van der Waals surface area contributed by atoms with E-state index in [2.05, 4.69) is 52.7 Å². The summed E-state index contributed by atoms with van der Waals surface area (Å²) in [6.07, 6.45) is 1.85. The Morgan fingerprint density at radius 1 is 1.30 bits per heavy atom. The summed E-state index contributed by atoms with van der Waals surface area (Å²) in [6.45, 7) is 7.21. The molecule has 0 aliphatic carbocycles. The van der Waals surface area contributed by atoms with Crippen LogP contribution in [0.15, 0.2) is 41.0 Å². The molecule has 20 heavy (non-hydrogen) atoms. The van der Waals surface area contributed by atoms with Gasteiger partial charge in [0.2, 0.25) is 0 Å². The van der Waals surface area contributed by atoms with Gasteiger partial charge in [0.1, 0.15) is 5.82 Å². The number of rotatable bonds is 4. The predicted octanol–water partition coefficient (Wildman–Crippen LogP) is 4.15. The van der Waals surface area contributed by atoms with Crippen LogP contribution in [0.4, 0.5) is 11.5 Å². The maximum Gasteiger partial charge on any atom is 0.143 e. The molecule has 0 saturated heterocycles. The van der Waals surface area contributed by atoms with Gasteiger partial charge in [0.05, 0.1) is 4.47 Å². The molecule has 0 saturated carbocycles. The molecule has 2 rings (SSSR count). The Labute approximate surface area is 129 Å². The molecule has 0 aliphatic heterocycles. The van der Waals surface area contributed by atoms with Crippen molar-refractivity contribution in [3.8, 4) is 0 Å². The first kappa shape index (κ1) is 14.9. The standard InChI is InChI=1S/C16H20BrN3/c1-11(2)20(10-13-5-4-6-14(18)9-13)16-15(17)12(3)7-8-19-16/h4-9,11H,10,18H2,1-3H3. The third-order valence-corrected chi connectivity index (χ3v) is 4.24. The van der Waals surface area contributed by atoms with Crippen LogP contribution in [0.1, 0.15) is 25.0 Å². The molecule has 1 aromatic carbocycles.